The first kappa shape index (κ1) is 12.5. The molecule has 88 valence electrons. The van der Waals surface area contributed by atoms with Gasteiger partial charge in [-0.15, -0.1) is 0 Å². The Bertz CT molecular complexity index is 396. The minimum atomic E-state index is 0.192. The highest BCUT2D eigenvalue weighted by atomic mass is 127. The number of methoxy groups -OCH3 is 1. The number of hydrogen-bond donors (Lipinski definition) is 0. The van der Waals surface area contributed by atoms with Crippen LogP contribution in [0.5, 0.6) is 0 Å². The van der Waals surface area contributed by atoms with Gasteiger partial charge in [0.25, 0.3) is 0 Å². The summed E-state index contributed by atoms with van der Waals surface area (Å²) < 4.78 is 6.13. The van der Waals surface area contributed by atoms with E-state index >= 15 is 0 Å². The molecule has 0 radical (unpaired) electrons. The molecule has 1 atom stereocenters. The summed E-state index contributed by atoms with van der Waals surface area (Å²) in [5, 5.41) is 0.579. The van der Waals surface area contributed by atoms with Crippen molar-refractivity contribution in [2.45, 2.75) is 31.6 Å². The summed E-state index contributed by atoms with van der Waals surface area (Å²) in [4.78, 5) is 8.96. The summed E-state index contributed by atoms with van der Waals surface area (Å²) in [7, 11) is 1.69. The Kier molecular flexibility index (Phi) is 4.02. The third-order valence-corrected chi connectivity index (χ3v) is 4.33. The summed E-state index contributed by atoms with van der Waals surface area (Å²) in [5.41, 5.74) is 1.12. The van der Waals surface area contributed by atoms with Gasteiger partial charge in [-0.2, -0.15) is 0 Å². The second kappa shape index (κ2) is 5.14. The van der Waals surface area contributed by atoms with E-state index in [9.17, 15) is 0 Å². The monoisotopic (exact) mass is 352 g/mol. The highest BCUT2D eigenvalue weighted by molar-refractivity contribution is 14.1. The summed E-state index contributed by atoms with van der Waals surface area (Å²) in [6.07, 6.45) is 2.45. The van der Waals surface area contributed by atoms with Gasteiger partial charge in [0.1, 0.15) is 11.0 Å². The van der Waals surface area contributed by atoms with Crippen LogP contribution >= 0.6 is 34.2 Å². The molecule has 5 heteroatoms. The van der Waals surface area contributed by atoms with Gasteiger partial charge in [-0.3, -0.25) is 0 Å². The van der Waals surface area contributed by atoms with E-state index in [4.69, 9.17) is 16.3 Å². The SMILES string of the molecule is COCC(C)c1nc(Cl)c(I)c(C2CC2)n1. The first-order valence-corrected chi connectivity index (χ1v) is 6.81. The fourth-order valence-electron chi connectivity index (χ4n) is 1.63. The van der Waals surface area contributed by atoms with Crippen molar-refractivity contribution in [2.24, 2.45) is 0 Å². The maximum Gasteiger partial charge on any atom is 0.146 e. The smallest absolute Gasteiger partial charge is 0.146 e. The topological polar surface area (TPSA) is 35.0 Å². The summed E-state index contributed by atoms with van der Waals surface area (Å²) in [5.74, 6) is 1.59. The minimum absolute atomic E-state index is 0.192. The van der Waals surface area contributed by atoms with E-state index in [1.807, 2.05) is 0 Å². The van der Waals surface area contributed by atoms with Crippen LogP contribution in [0.2, 0.25) is 5.15 Å². The van der Waals surface area contributed by atoms with Gasteiger partial charge in [0.15, 0.2) is 0 Å². The van der Waals surface area contributed by atoms with Crippen LogP contribution in [-0.4, -0.2) is 23.7 Å². The lowest BCUT2D eigenvalue weighted by molar-refractivity contribution is 0.181. The number of rotatable bonds is 4. The molecule has 0 bridgehead atoms. The summed E-state index contributed by atoms with van der Waals surface area (Å²) >= 11 is 8.37. The Morgan fingerprint density at radius 3 is 2.75 bits per heavy atom. The van der Waals surface area contributed by atoms with Crippen LogP contribution in [-0.2, 0) is 4.74 Å². The summed E-state index contributed by atoms with van der Waals surface area (Å²) in [6, 6.07) is 0. The van der Waals surface area contributed by atoms with Gasteiger partial charge in [-0.05, 0) is 35.4 Å². The standard InChI is InChI=1S/C11H14ClIN2O/c1-6(5-16-2)11-14-9(7-3-4-7)8(13)10(12)15-11/h6-7H,3-5H2,1-2H3. The lowest BCUT2D eigenvalue weighted by atomic mass is 10.1. The number of ether oxygens (including phenoxy) is 1. The lowest BCUT2D eigenvalue weighted by Crippen LogP contribution is -2.10. The summed E-state index contributed by atoms with van der Waals surface area (Å²) in [6.45, 7) is 2.68. The number of aromatic nitrogens is 2. The molecule has 16 heavy (non-hydrogen) atoms. The van der Waals surface area contributed by atoms with Gasteiger partial charge in [-0.25, -0.2) is 9.97 Å². The van der Waals surface area contributed by atoms with Crippen molar-refractivity contribution < 1.29 is 4.74 Å². The molecule has 1 saturated carbocycles. The molecule has 1 aliphatic rings. The van der Waals surface area contributed by atoms with Gasteiger partial charge >= 0.3 is 0 Å². The van der Waals surface area contributed by atoms with Crippen molar-refractivity contribution >= 4 is 34.2 Å². The highest BCUT2D eigenvalue weighted by Crippen LogP contribution is 2.42. The quantitative estimate of drug-likeness (QED) is 0.616. The number of hydrogen-bond acceptors (Lipinski definition) is 3. The van der Waals surface area contributed by atoms with Crippen LogP contribution in [0.1, 0.15) is 43.1 Å². The van der Waals surface area contributed by atoms with Crippen molar-refractivity contribution in [1.82, 2.24) is 9.97 Å². The molecular formula is C11H14ClIN2O. The molecule has 2 rings (SSSR count). The predicted octanol–water partition coefficient (Wildman–Crippen LogP) is 3.36. The Labute approximate surface area is 114 Å². The fourth-order valence-corrected chi connectivity index (χ4v) is 2.49. The molecule has 1 unspecified atom stereocenters. The van der Waals surface area contributed by atoms with Crippen LogP contribution in [0.3, 0.4) is 0 Å². The first-order chi connectivity index (χ1) is 7.63. The third kappa shape index (κ3) is 2.65. The van der Waals surface area contributed by atoms with Crippen molar-refractivity contribution in [3.63, 3.8) is 0 Å². The van der Waals surface area contributed by atoms with E-state index in [-0.39, 0.29) is 5.92 Å². The van der Waals surface area contributed by atoms with Crippen molar-refractivity contribution in [2.75, 3.05) is 13.7 Å². The van der Waals surface area contributed by atoms with Gasteiger partial charge < -0.3 is 4.74 Å². The van der Waals surface area contributed by atoms with Gasteiger partial charge in [0.05, 0.1) is 15.9 Å². The average molecular weight is 353 g/mol. The number of halogens is 2. The van der Waals surface area contributed by atoms with E-state index in [1.165, 1.54) is 12.8 Å². The van der Waals surface area contributed by atoms with Gasteiger partial charge in [0.2, 0.25) is 0 Å². The molecule has 1 heterocycles. The molecule has 0 saturated heterocycles. The van der Waals surface area contributed by atoms with E-state index in [2.05, 4.69) is 39.5 Å². The third-order valence-electron chi connectivity index (χ3n) is 2.68. The zero-order valence-electron chi connectivity index (χ0n) is 9.33. The molecule has 1 aromatic heterocycles. The Morgan fingerprint density at radius 2 is 2.19 bits per heavy atom. The predicted molar refractivity (Wildman–Crippen MR) is 72.0 cm³/mol. The van der Waals surface area contributed by atoms with Crippen molar-refractivity contribution in [3.05, 3.63) is 20.2 Å². The van der Waals surface area contributed by atoms with Crippen molar-refractivity contribution in [3.8, 4) is 0 Å². The highest BCUT2D eigenvalue weighted by Gasteiger charge is 2.29. The largest absolute Gasteiger partial charge is 0.384 e. The number of nitrogens with zero attached hydrogens (tertiary/aromatic N) is 2. The van der Waals surface area contributed by atoms with Crippen LogP contribution in [0.15, 0.2) is 0 Å². The molecule has 1 aliphatic carbocycles. The molecule has 0 amide bonds. The maximum atomic E-state index is 6.14. The minimum Gasteiger partial charge on any atom is -0.384 e. The molecule has 0 N–H and O–H groups in total. The molecule has 1 aromatic rings. The van der Waals surface area contributed by atoms with Gasteiger partial charge in [0, 0.05) is 18.9 Å². The van der Waals surface area contributed by atoms with Crippen LogP contribution < -0.4 is 0 Å². The maximum absolute atomic E-state index is 6.14. The Hall–Kier alpha value is 0.0600. The van der Waals surface area contributed by atoms with E-state index in [0.717, 1.165) is 15.1 Å². The molecule has 0 aromatic carbocycles. The van der Waals surface area contributed by atoms with Gasteiger partial charge in [-0.1, -0.05) is 18.5 Å². The van der Waals surface area contributed by atoms with E-state index in [1.54, 1.807) is 7.11 Å². The Morgan fingerprint density at radius 1 is 1.50 bits per heavy atom. The lowest BCUT2D eigenvalue weighted by Gasteiger charge is -2.12. The Balaban J connectivity index is 2.32. The van der Waals surface area contributed by atoms with Crippen LogP contribution in [0.25, 0.3) is 0 Å². The normalized spacial score (nSPS) is 17.5. The zero-order valence-corrected chi connectivity index (χ0v) is 12.2. The molecule has 1 fully saturated rings. The van der Waals surface area contributed by atoms with Crippen LogP contribution in [0.4, 0.5) is 0 Å². The molecular weight excluding hydrogens is 338 g/mol. The van der Waals surface area contributed by atoms with Crippen LogP contribution in [0, 0.1) is 3.57 Å². The average Bonchev–Trinajstić information content (AvgIpc) is 3.06. The first-order valence-electron chi connectivity index (χ1n) is 5.35. The molecule has 3 nitrogen and oxygen atoms in total. The van der Waals surface area contributed by atoms with Crippen molar-refractivity contribution in [1.29, 1.82) is 0 Å². The van der Waals surface area contributed by atoms with E-state index < -0.39 is 0 Å². The second-order valence-corrected chi connectivity index (χ2v) is 5.64. The van der Waals surface area contributed by atoms with E-state index in [0.29, 0.717) is 17.7 Å². The zero-order chi connectivity index (χ0) is 11.7. The molecule has 0 aliphatic heterocycles. The second-order valence-electron chi connectivity index (χ2n) is 4.20. The fraction of sp³-hybridized carbons (Fsp3) is 0.636. The molecule has 0 spiro atoms.